The second-order valence-corrected chi connectivity index (χ2v) is 4.01. The van der Waals surface area contributed by atoms with Crippen molar-refractivity contribution >= 4 is 5.91 Å². The summed E-state index contributed by atoms with van der Waals surface area (Å²) in [5, 5.41) is 9.64. The second kappa shape index (κ2) is 3.20. The molecule has 1 fully saturated rings. The van der Waals surface area contributed by atoms with Crippen LogP contribution in [0.25, 0.3) is 0 Å². The Morgan fingerprint density at radius 2 is 2.25 bits per heavy atom. The normalized spacial score (nSPS) is 27.6. The zero-order valence-electron chi connectivity index (χ0n) is 8.60. The van der Waals surface area contributed by atoms with Gasteiger partial charge in [0.1, 0.15) is 0 Å². The molecular formula is C12H11N3O. The van der Waals surface area contributed by atoms with Crippen molar-refractivity contribution in [3.8, 4) is 0 Å². The number of carbonyl (C=O) groups is 1. The van der Waals surface area contributed by atoms with Crippen molar-refractivity contribution in [2.24, 2.45) is 5.92 Å². The van der Waals surface area contributed by atoms with E-state index in [-0.39, 0.29) is 17.7 Å². The number of hydrogen-bond donors (Lipinski definition) is 2. The van der Waals surface area contributed by atoms with E-state index < -0.39 is 0 Å². The molecule has 1 amide bonds. The molecule has 4 nitrogen and oxygen atoms in total. The zero-order chi connectivity index (χ0) is 11.1. The Labute approximate surface area is 92.7 Å². The maximum Gasteiger partial charge on any atom is 0.234 e. The van der Waals surface area contributed by atoms with E-state index >= 15 is 0 Å². The highest BCUT2D eigenvalue weighted by atomic mass is 16.2. The Bertz CT molecular complexity index is 510. The minimum absolute atomic E-state index is 0.00495. The highest BCUT2D eigenvalue weighted by Crippen LogP contribution is 2.40. The monoisotopic (exact) mass is 213 g/mol. The Morgan fingerprint density at radius 1 is 1.38 bits per heavy atom. The van der Waals surface area contributed by atoms with Gasteiger partial charge < -0.3 is 5.32 Å². The lowest BCUT2D eigenvalue weighted by atomic mass is 9.83. The second-order valence-electron chi connectivity index (χ2n) is 4.01. The largest absolute Gasteiger partial charge is 0.329 e. The lowest BCUT2D eigenvalue weighted by Crippen LogP contribution is -2.18. The van der Waals surface area contributed by atoms with E-state index in [9.17, 15) is 4.79 Å². The molecule has 2 atom stereocenters. The van der Waals surface area contributed by atoms with Gasteiger partial charge in [-0.15, -0.1) is 0 Å². The number of amides is 1. The molecule has 1 aromatic heterocycles. The van der Waals surface area contributed by atoms with Crippen molar-refractivity contribution in [1.29, 1.82) is 0 Å². The topological polar surface area (TPSA) is 57.8 Å². The fourth-order valence-corrected chi connectivity index (χ4v) is 2.33. The number of fused-ring (bicyclic) bond motifs is 1. The zero-order valence-corrected chi connectivity index (χ0v) is 8.60. The minimum Gasteiger partial charge on any atom is -0.329 e. The number of rotatable bonds is 1. The van der Waals surface area contributed by atoms with Crippen molar-refractivity contribution in [3.63, 3.8) is 0 Å². The smallest absolute Gasteiger partial charge is 0.234 e. The van der Waals surface area contributed by atoms with Crippen molar-refractivity contribution < 1.29 is 4.79 Å². The molecule has 2 aliphatic rings. The molecule has 1 saturated heterocycles. The van der Waals surface area contributed by atoms with Crippen LogP contribution < -0.4 is 5.32 Å². The number of aromatic nitrogens is 2. The number of H-pyrrole nitrogens is 1. The lowest BCUT2D eigenvalue weighted by Gasteiger charge is -2.19. The van der Waals surface area contributed by atoms with Gasteiger partial charge in [0.05, 0.1) is 5.92 Å². The van der Waals surface area contributed by atoms with E-state index in [1.165, 1.54) is 0 Å². The van der Waals surface area contributed by atoms with Crippen LogP contribution in [0.3, 0.4) is 0 Å². The molecule has 0 saturated carbocycles. The van der Waals surface area contributed by atoms with Gasteiger partial charge in [0, 0.05) is 23.5 Å². The highest BCUT2D eigenvalue weighted by molar-refractivity contribution is 5.90. The van der Waals surface area contributed by atoms with Crippen LogP contribution in [0.15, 0.2) is 48.3 Å². The molecule has 80 valence electrons. The summed E-state index contributed by atoms with van der Waals surface area (Å²) < 4.78 is 0. The van der Waals surface area contributed by atoms with Crippen molar-refractivity contribution in [2.75, 3.05) is 0 Å². The van der Waals surface area contributed by atoms with Crippen molar-refractivity contribution in [2.45, 2.75) is 5.92 Å². The molecule has 0 bridgehead atoms. The number of allylic oxidation sites excluding steroid dienone is 4. The van der Waals surface area contributed by atoms with Crippen LogP contribution in [0.5, 0.6) is 0 Å². The molecule has 2 heterocycles. The summed E-state index contributed by atoms with van der Waals surface area (Å²) in [4.78, 5) is 11.9. The lowest BCUT2D eigenvalue weighted by molar-refractivity contribution is -0.120. The summed E-state index contributed by atoms with van der Waals surface area (Å²) in [6.07, 6.45) is 7.43. The summed E-state index contributed by atoms with van der Waals surface area (Å²) in [6, 6.07) is 1.83. The van der Waals surface area contributed by atoms with Crippen LogP contribution >= 0.6 is 0 Å². The first kappa shape index (κ1) is 9.15. The molecule has 0 spiro atoms. The van der Waals surface area contributed by atoms with E-state index in [2.05, 4.69) is 22.1 Å². The van der Waals surface area contributed by atoms with Crippen LogP contribution in [-0.4, -0.2) is 16.1 Å². The maximum atomic E-state index is 11.9. The van der Waals surface area contributed by atoms with Gasteiger partial charge in [0.15, 0.2) is 0 Å². The first-order valence-electron chi connectivity index (χ1n) is 5.14. The van der Waals surface area contributed by atoms with Crippen LogP contribution in [0.4, 0.5) is 0 Å². The summed E-state index contributed by atoms with van der Waals surface area (Å²) in [5.74, 6) is -0.200. The van der Waals surface area contributed by atoms with Crippen LogP contribution in [-0.2, 0) is 4.79 Å². The minimum atomic E-state index is -0.230. The molecule has 16 heavy (non-hydrogen) atoms. The highest BCUT2D eigenvalue weighted by Gasteiger charge is 2.41. The maximum absolute atomic E-state index is 11.9. The number of nitrogens with one attached hydrogen (secondary N) is 2. The van der Waals surface area contributed by atoms with Crippen LogP contribution in [0, 0.1) is 5.92 Å². The number of hydrogen-bond acceptors (Lipinski definition) is 2. The quantitative estimate of drug-likeness (QED) is 0.737. The molecule has 1 aromatic rings. The standard InChI is InChI=1S/C12H11N3O/c1-7-3-2-4-8-10(7)11(12(16)14-8)9-5-6-13-15-9/h2-6,10-11H,1H2,(H,13,15)(H,14,16). The third kappa shape index (κ3) is 1.16. The fraction of sp³-hybridized carbons (Fsp3) is 0.167. The van der Waals surface area contributed by atoms with E-state index in [1.807, 2.05) is 24.3 Å². The molecule has 3 rings (SSSR count). The molecule has 2 N–H and O–H groups in total. The fourth-order valence-electron chi connectivity index (χ4n) is 2.33. The molecule has 4 heteroatoms. The van der Waals surface area contributed by atoms with E-state index in [1.54, 1.807) is 6.20 Å². The van der Waals surface area contributed by atoms with Gasteiger partial charge >= 0.3 is 0 Å². The number of nitrogens with zero attached hydrogens (tertiary/aromatic N) is 1. The van der Waals surface area contributed by atoms with Gasteiger partial charge in [-0.3, -0.25) is 9.89 Å². The molecular weight excluding hydrogens is 202 g/mol. The SMILES string of the molecule is C=C1C=CC=C2NC(=O)C(c3ccn[nH]3)C12. The molecule has 0 aromatic carbocycles. The number of carbonyl (C=O) groups excluding carboxylic acids is 1. The Hall–Kier alpha value is -2.10. The Morgan fingerprint density at radius 3 is 3.00 bits per heavy atom. The summed E-state index contributed by atoms with van der Waals surface area (Å²) in [6.45, 7) is 4.00. The Kier molecular flexibility index (Phi) is 1.83. The van der Waals surface area contributed by atoms with Gasteiger partial charge in [-0.2, -0.15) is 5.10 Å². The third-order valence-electron chi connectivity index (χ3n) is 3.06. The molecule has 1 aliphatic heterocycles. The van der Waals surface area contributed by atoms with Crippen molar-refractivity contribution in [3.05, 3.63) is 54.0 Å². The van der Waals surface area contributed by atoms with Gasteiger partial charge in [0.25, 0.3) is 0 Å². The van der Waals surface area contributed by atoms with Gasteiger partial charge in [-0.25, -0.2) is 0 Å². The van der Waals surface area contributed by atoms with Gasteiger partial charge in [-0.1, -0.05) is 18.7 Å². The first-order chi connectivity index (χ1) is 7.77. The summed E-state index contributed by atoms with van der Waals surface area (Å²) >= 11 is 0. The molecule has 2 unspecified atom stereocenters. The summed E-state index contributed by atoms with van der Waals surface area (Å²) in [7, 11) is 0. The predicted octanol–water partition coefficient (Wildman–Crippen LogP) is 1.25. The van der Waals surface area contributed by atoms with Gasteiger partial charge in [0.2, 0.25) is 5.91 Å². The van der Waals surface area contributed by atoms with Crippen LogP contribution in [0.2, 0.25) is 0 Å². The predicted molar refractivity (Wildman–Crippen MR) is 59.3 cm³/mol. The Balaban J connectivity index is 2.06. The average Bonchev–Trinajstić information content (AvgIpc) is 2.84. The third-order valence-corrected chi connectivity index (χ3v) is 3.06. The van der Waals surface area contributed by atoms with Crippen molar-refractivity contribution in [1.82, 2.24) is 15.5 Å². The number of aromatic amines is 1. The first-order valence-corrected chi connectivity index (χ1v) is 5.14. The van der Waals surface area contributed by atoms with E-state index in [4.69, 9.17) is 0 Å². The average molecular weight is 213 g/mol. The van der Waals surface area contributed by atoms with E-state index in [0.717, 1.165) is 17.0 Å². The van der Waals surface area contributed by atoms with Crippen LogP contribution in [0.1, 0.15) is 11.6 Å². The molecule has 1 aliphatic carbocycles. The summed E-state index contributed by atoms with van der Waals surface area (Å²) in [5.41, 5.74) is 2.72. The van der Waals surface area contributed by atoms with Gasteiger partial charge in [-0.05, 0) is 17.7 Å². The molecule has 0 radical (unpaired) electrons. The van der Waals surface area contributed by atoms with E-state index in [0.29, 0.717) is 0 Å².